The molecule has 0 aliphatic rings. The van der Waals surface area contributed by atoms with E-state index in [2.05, 4.69) is 12.0 Å². The average Bonchev–Trinajstić information content (AvgIpc) is 2.78. The standard InChI is InChI=1S/C16H22N2O2/c1-5-18-14(9-12(2)17-18)11-16(3,19)13-7-6-8-15(10-13)20-4/h6-10,19H,5,11H2,1-4H3. The summed E-state index contributed by atoms with van der Waals surface area (Å²) in [5.41, 5.74) is 1.91. The molecule has 20 heavy (non-hydrogen) atoms. The lowest BCUT2D eigenvalue weighted by molar-refractivity contribution is 0.0551. The molecule has 0 amide bonds. The normalized spacial score (nSPS) is 14.1. The van der Waals surface area contributed by atoms with E-state index in [9.17, 15) is 5.11 Å². The highest BCUT2D eigenvalue weighted by molar-refractivity contribution is 5.33. The van der Waals surface area contributed by atoms with E-state index in [0.29, 0.717) is 6.42 Å². The second-order valence-corrected chi connectivity index (χ2v) is 5.28. The number of aliphatic hydroxyl groups is 1. The van der Waals surface area contributed by atoms with Crippen molar-refractivity contribution >= 4 is 0 Å². The first kappa shape index (κ1) is 14.6. The first-order valence-corrected chi connectivity index (χ1v) is 6.86. The molecule has 108 valence electrons. The van der Waals surface area contributed by atoms with Crippen molar-refractivity contribution in [3.63, 3.8) is 0 Å². The molecule has 4 nitrogen and oxygen atoms in total. The Morgan fingerprint density at radius 3 is 2.75 bits per heavy atom. The van der Waals surface area contributed by atoms with E-state index in [4.69, 9.17) is 4.74 Å². The maximum atomic E-state index is 10.8. The zero-order valence-electron chi connectivity index (χ0n) is 12.6. The summed E-state index contributed by atoms with van der Waals surface area (Å²) < 4.78 is 7.16. The Hall–Kier alpha value is -1.81. The smallest absolute Gasteiger partial charge is 0.119 e. The number of aryl methyl sites for hydroxylation is 2. The zero-order chi connectivity index (χ0) is 14.8. The summed E-state index contributed by atoms with van der Waals surface area (Å²) in [6.45, 7) is 6.65. The minimum absolute atomic E-state index is 0.523. The number of nitrogens with zero attached hydrogens (tertiary/aromatic N) is 2. The maximum Gasteiger partial charge on any atom is 0.119 e. The lowest BCUT2D eigenvalue weighted by Crippen LogP contribution is -2.25. The van der Waals surface area contributed by atoms with Gasteiger partial charge in [0, 0.05) is 18.7 Å². The van der Waals surface area contributed by atoms with E-state index in [0.717, 1.165) is 29.2 Å². The van der Waals surface area contributed by atoms with Crippen LogP contribution < -0.4 is 4.74 Å². The van der Waals surface area contributed by atoms with Gasteiger partial charge in [-0.3, -0.25) is 4.68 Å². The number of rotatable bonds is 5. The van der Waals surface area contributed by atoms with E-state index in [-0.39, 0.29) is 0 Å². The van der Waals surface area contributed by atoms with Crippen molar-refractivity contribution in [3.8, 4) is 5.75 Å². The van der Waals surface area contributed by atoms with Crippen molar-refractivity contribution in [2.75, 3.05) is 7.11 Å². The van der Waals surface area contributed by atoms with Crippen molar-refractivity contribution in [2.45, 2.75) is 39.3 Å². The quantitative estimate of drug-likeness (QED) is 0.912. The Balaban J connectivity index is 2.29. The van der Waals surface area contributed by atoms with Crippen LogP contribution in [0.4, 0.5) is 0 Å². The van der Waals surface area contributed by atoms with Gasteiger partial charge in [-0.15, -0.1) is 0 Å². The van der Waals surface area contributed by atoms with Gasteiger partial charge in [-0.1, -0.05) is 12.1 Å². The van der Waals surface area contributed by atoms with Gasteiger partial charge < -0.3 is 9.84 Å². The second-order valence-electron chi connectivity index (χ2n) is 5.28. The molecule has 1 N–H and O–H groups in total. The van der Waals surface area contributed by atoms with E-state index in [1.165, 1.54) is 0 Å². The van der Waals surface area contributed by atoms with E-state index in [1.54, 1.807) is 7.11 Å². The monoisotopic (exact) mass is 274 g/mol. The number of hydrogen-bond acceptors (Lipinski definition) is 3. The van der Waals surface area contributed by atoms with Crippen molar-refractivity contribution in [1.29, 1.82) is 0 Å². The fourth-order valence-electron chi connectivity index (χ4n) is 2.43. The van der Waals surface area contributed by atoms with Crippen LogP contribution in [0.2, 0.25) is 0 Å². The third kappa shape index (κ3) is 3.02. The SMILES string of the molecule is CCn1nc(C)cc1CC(C)(O)c1cccc(OC)c1. The zero-order valence-corrected chi connectivity index (χ0v) is 12.6. The Morgan fingerprint density at radius 2 is 2.10 bits per heavy atom. The number of aromatic nitrogens is 2. The fourth-order valence-corrected chi connectivity index (χ4v) is 2.43. The van der Waals surface area contributed by atoms with E-state index < -0.39 is 5.60 Å². The largest absolute Gasteiger partial charge is 0.497 e. The molecule has 4 heteroatoms. The molecule has 0 fully saturated rings. The van der Waals surface area contributed by atoms with Gasteiger partial charge in [0.1, 0.15) is 5.75 Å². The van der Waals surface area contributed by atoms with Gasteiger partial charge in [-0.2, -0.15) is 5.10 Å². The Morgan fingerprint density at radius 1 is 1.35 bits per heavy atom. The van der Waals surface area contributed by atoms with Crippen LogP contribution in [0.5, 0.6) is 5.75 Å². The fraction of sp³-hybridized carbons (Fsp3) is 0.438. The molecule has 1 unspecified atom stereocenters. The molecule has 0 saturated heterocycles. The van der Waals surface area contributed by atoms with Crippen LogP contribution in [0.25, 0.3) is 0 Å². The Kier molecular flexibility index (Phi) is 4.14. The lowest BCUT2D eigenvalue weighted by Gasteiger charge is -2.24. The average molecular weight is 274 g/mol. The molecule has 1 aromatic carbocycles. The summed E-state index contributed by atoms with van der Waals surface area (Å²) in [5.74, 6) is 0.753. The summed E-state index contributed by atoms with van der Waals surface area (Å²) in [6.07, 6.45) is 0.523. The minimum atomic E-state index is -0.950. The predicted octanol–water partition coefficient (Wildman–Crippen LogP) is 2.67. The van der Waals surface area contributed by atoms with Crippen molar-refractivity contribution < 1.29 is 9.84 Å². The number of ether oxygens (including phenoxy) is 1. The molecule has 2 rings (SSSR count). The summed E-state index contributed by atoms with van der Waals surface area (Å²) in [6, 6.07) is 9.59. The molecule has 1 heterocycles. The number of hydrogen-bond donors (Lipinski definition) is 1. The first-order valence-electron chi connectivity index (χ1n) is 6.86. The topological polar surface area (TPSA) is 47.3 Å². The maximum absolute atomic E-state index is 10.8. The number of benzene rings is 1. The highest BCUT2D eigenvalue weighted by atomic mass is 16.5. The van der Waals surface area contributed by atoms with E-state index in [1.807, 2.05) is 48.9 Å². The molecule has 2 aromatic rings. The molecule has 0 spiro atoms. The van der Waals surface area contributed by atoms with Gasteiger partial charge in [0.2, 0.25) is 0 Å². The molecule has 0 radical (unpaired) electrons. The second kappa shape index (κ2) is 5.67. The van der Waals surface area contributed by atoms with Gasteiger partial charge >= 0.3 is 0 Å². The molecular formula is C16H22N2O2. The highest BCUT2D eigenvalue weighted by Gasteiger charge is 2.26. The van der Waals surface area contributed by atoms with E-state index >= 15 is 0 Å². The third-order valence-corrected chi connectivity index (χ3v) is 3.50. The predicted molar refractivity (Wildman–Crippen MR) is 78.9 cm³/mol. The molecule has 1 atom stereocenters. The van der Waals surface area contributed by atoms with Gasteiger partial charge in [-0.25, -0.2) is 0 Å². The molecule has 1 aromatic heterocycles. The van der Waals surface area contributed by atoms with Crippen molar-refractivity contribution in [2.24, 2.45) is 0 Å². The number of methoxy groups -OCH3 is 1. The third-order valence-electron chi connectivity index (χ3n) is 3.50. The van der Waals surface area contributed by atoms with Crippen molar-refractivity contribution in [3.05, 3.63) is 47.3 Å². The summed E-state index contributed by atoms with van der Waals surface area (Å²) >= 11 is 0. The molecule has 0 aliphatic heterocycles. The van der Waals surface area contributed by atoms with Gasteiger partial charge in [0.15, 0.2) is 0 Å². The van der Waals surface area contributed by atoms with Crippen LogP contribution in [0.15, 0.2) is 30.3 Å². The van der Waals surface area contributed by atoms with Crippen LogP contribution in [0.1, 0.15) is 30.8 Å². The molecular weight excluding hydrogens is 252 g/mol. The van der Waals surface area contributed by atoms with Gasteiger partial charge in [0.25, 0.3) is 0 Å². The van der Waals surface area contributed by atoms with Gasteiger partial charge in [0.05, 0.1) is 18.4 Å². The highest BCUT2D eigenvalue weighted by Crippen LogP contribution is 2.28. The van der Waals surface area contributed by atoms with Crippen LogP contribution in [0, 0.1) is 6.92 Å². The molecule has 0 saturated carbocycles. The van der Waals surface area contributed by atoms with Crippen LogP contribution in [-0.2, 0) is 18.6 Å². The molecule has 0 bridgehead atoms. The summed E-state index contributed by atoms with van der Waals surface area (Å²) in [5, 5.41) is 15.2. The van der Waals surface area contributed by atoms with Crippen LogP contribution in [0.3, 0.4) is 0 Å². The Bertz CT molecular complexity index is 588. The lowest BCUT2D eigenvalue weighted by atomic mass is 9.91. The van der Waals surface area contributed by atoms with Crippen molar-refractivity contribution in [1.82, 2.24) is 9.78 Å². The minimum Gasteiger partial charge on any atom is -0.497 e. The van der Waals surface area contributed by atoms with Crippen LogP contribution >= 0.6 is 0 Å². The Labute approximate surface area is 120 Å². The van der Waals surface area contributed by atoms with Gasteiger partial charge in [-0.05, 0) is 44.5 Å². The summed E-state index contributed by atoms with van der Waals surface area (Å²) in [7, 11) is 1.63. The molecule has 0 aliphatic carbocycles. The summed E-state index contributed by atoms with van der Waals surface area (Å²) in [4.78, 5) is 0. The first-order chi connectivity index (χ1) is 9.46. The van der Waals surface area contributed by atoms with Crippen LogP contribution in [-0.4, -0.2) is 22.0 Å².